The lowest BCUT2D eigenvalue weighted by molar-refractivity contribution is -0.136. The molecule has 1 aromatic rings. The molecule has 0 saturated carbocycles. The van der Waals surface area contributed by atoms with Gasteiger partial charge >= 0.3 is 0 Å². The van der Waals surface area contributed by atoms with E-state index in [9.17, 15) is 4.79 Å². The zero-order valence-electron chi connectivity index (χ0n) is 13.3. The second-order valence-corrected chi connectivity index (χ2v) is 6.75. The van der Waals surface area contributed by atoms with Gasteiger partial charge in [-0.2, -0.15) is 0 Å². The van der Waals surface area contributed by atoms with Crippen LogP contribution in [-0.4, -0.2) is 45.8 Å². The van der Waals surface area contributed by atoms with Crippen molar-refractivity contribution in [2.45, 2.75) is 52.2 Å². The summed E-state index contributed by atoms with van der Waals surface area (Å²) in [5, 5.41) is 0. The number of carbonyl (C=O) groups is 1. The van der Waals surface area contributed by atoms with Crippen molar-refractivity contribution in [3.63, 3.8) is 0 Å². The summed E-state index contributed by atoms with van der Waals surface area (Å²) >= 11 is 0. The third-order valence-electron chi connectivity index (χ3n) is 3.77. The van der Waals surface area contributed by atoms with Crippen LogP contribution in [0.2, 0.25) is 0 Å². The SMILES string of the molecule is C[C@@H](C(=O)N1Cc2cnc(C(C)(C)C)nc2C1)N(C)C. The summed E-state index contributed by atoms with van der Waals surface area (Å²) in [6.07, 6.45) is 1.87. The van der Waals surface area contributed by atoms with Gasteiger partial charge in [0.1, 0.15) is 5.82 Å². The highest BCUT2D eigenvalue weighted by Gasteiger charge is 2.30. The molecule has 0 saturated heterocycles. The maximum Gasteiger partial charge on any atom is 0.240 e. The predicted molar refractivity (Wildman–Crippen MR) is 78.1 cm³/mol. The number of nitrogens with zero attached hydrogens (tertiary/aromatic N) is 4. The molecular formula is C15H24N4O. The van der Waals surface area contributed by atoms with Crippen molar-refractivity contribution in [1.29, 1.82) is 0 Å². The van der Waals surface area contributed by atoms with E-state index in [1.54, 1.807) is 0 Å². The van der Waals surface area contributed by atoms with E-state index in [1.807, 2.05) is 37.0 Å². The first-order valence-corrected chi connectivity index (χ1v) is 7.00. The molecule has 1 aromatic heterocycles. The maximum absolute atomic E-state index is 12.4. The van der Waals surface area contributed by atoms with Crippen LogP contribution in [0.3, 0.4) is 0 Å². The van der Waals surface area contributed by atoms with E-state index in [4.69, 9.17) is 0 Å². The molecule has 0 aromatic carbocycles. The zero-order valence-corrected chi connectivity index (χ0v) is 13.3. The van der Waals surface area contributed by atoms with Crippen LogP contribution in [-0.2, 0) is 23.3 Å². The summed E-state index contributed by atoms with van der Waals surface area (Å²) < 4.78 is 0. The van der Waals surface area contributed by atoms with Gasteiger partial charge in [-0.1, -0.05) is 20.8 Å². The Morgan fingerprint density at radius 1 is 1.35 bits per heavy atom. The van der Waals surface area contributed by atoms with Gasteiger partial charge < -0.3 is 4.90 Å². The minimum atomic E-state index is -0.112. The molecular weight excluding hydrogens is 252 g/mol. The Bertz CT molecular complexity index is 519. The van der Waals surface area contributed by atoms with Crippen LogP contribution in [0.1, 0.15) is 44.8 Å². The standard InChI is InChI=1S/C15H24N4O/c1-10(18(5)6)13(20)19-8-11-7-16-14(15(2,3)4)17-12(11)9-19/h7,10H,8-9H2,1-6H3/t10-/m0/s1. The van der Waals surface area contributed by atoms with Gasteiger partial charge in [-0.05, 0) is 21.0 Å². The Balaban J connectivity index is 2.18. The Labute approximate surface area is 121 Å². The van der Waals surface area contributed by atoms with Crippen LogP contribution in [0.5, 0.6) is 0 Å². The fraction of sp³-hybridized carbons (Fsp3) is 0.667. The Morgan fingerprint density at radius 3 is 2.55 bits per heavy atom. The lowest BCUT2D eigenvalue weighted by atomic mass is 9.95. The van der Waals surface area contributed by atoms with Gasteiger partial charge in [-0.25, -0.2) is 9.97 Å². The molecule has 1 aliphatic heterocycles. The molecule has 0 aliphatic carbocycles. The summed E-state index contributed by atoms with van der Waals surface area (Å²) in [6, 6.07) is -0.112. The van der Waals surface area contributed by atoms with Crippen LogP contribution in [0.25, 0.3) is 0 Å². The monoisotopic (exact) mass is 276 g/mol. The average Bonchev–Trinajstić information content (AvgIpc) is 2.78. The average molecular weight is 276 g/mol. The highest BCUT2D eigenvalue weighted by molar-refractivity contribution is 5.81. The van der Waals surface area contributed by atoms with Gasteiger partial charge in [-0.3, -0.25) is 9.69 Å². The molecule has 1 atom stereocenters. The van der Waals surface area contributed by atoms with Crippen molar-refractivity contribution in [2.24, 2.45) is 0 Å². The largest absolute Gasteiger partial charge is 0.331 e. The molecule has 0 unspecified atom stereocenters. The van der Waals surface area contributed by atoms with Gasteiger partial charge in [0.25, 0.3) is 0 Å². The number of amides is 1. The molecule has 5 heteroatoms. The first kappa shape index (κ1) is 14.9. The molecule has 0 bridgehead atoms. The van der Waals surface area contributed by atoms with E-state index >= 15 is 0 Å². The van der Waals surface area contributed by atoms with Crippen molar-refractivity contribution in [3.8, 4) is 0 Å². The predicted octanol–water partition coefficient (Wildman–Crippen LogP) is 1.57. The number of hydrogen-bond acceptors (Lipinski definition) is 4. The van der Waals surface area contributed by atoms with E-state index in [0.29, 0.717) is 13.1 Å². The van der Waals surface area contributed by atoms with E-state index in [1.165, 1.54) is 0 Å². The van der Waals surface area contributed by atoms with Crippen LogP contribution in [0, 0.1) is 0 Å². The smallest absolute Gasteiger partial charge is 0.240 e. The molecule has 0 fully saturated rings. The molecule has 0 radical (unpaired) electrons. The maximum atomic E-state index is 12.4. The van der Waals surface area contributed by atoms with Crippen molar-refractivity contribution < 1.29 is 4.79 Å². The zero-order chi connectivity index (χ0) is 15.1. The van der Waals surface area contributed by atoms with E-state index in [0.717, 1.165) is 17.1 Å². The third kappa shape index (κ3) is 2.82. The summed E-state index contributed by atoms with van der Waals surface area (Å²) in [7, 11) is 3.84. The number of aromatic nitrogens is 2. The number of likely N-dealkylation sites (N-methyl/N-ethyl adjacent to an activating group) is 1. The van der Waals surface area contributed by atoms with E-state index in [-0.39, 0.29) is 17.4 Å². The lowest BCUT2D eigenvalue weighted by Crippen LogP contribution is -2.41. The summed E-state index contributed by atoms with van der Waals surface area (Å²) in [5.74, 6) is 0.983. The van der Waals surface area contributed by atoms with Crippen LogP contribution in [0.15, 0.2) is 6.20 Å². The molecule has 1 aliphatic rings. The summed E-state index contributed by atoms with van der Waals surface area (Å²) in [4.78, 5) is 25.2. The second kappa shape index (κ2) is 5.13. The van der Waals surface area contributed by atoms with Crippen molar-refractivity contribution in [3.05, 3.63) is 23.3 Å². The Kier molecular flexibility index (Phi) is 3.82. The van der Waals surface area contributed by atoms with Gasteiger partial charge in [0, 0.05) is 23.7 Å². The molecule has 110 valence electrons. The molecule has 0 spiro atoms. The van der Waals surface area contributed by atoms with Gasteiger partial charge in [-0.15, -0.1) is 0 Å². The molecule has 5 nitrogen and oxygen atoms in total. The number of rotatable bonds is 2. The van der Waals surface area contributed by atoms with Crippen LogP contribution < -0.4 is 0 Å². The van der Waals surface area contributed by atoms with Crippen molar-refractivity contribution in [1.82, 2.24) is 19.8 Å². The molecule has 1 amide bonds. The van der Waals surface area contributed by atoms with Gasteiger partial charge in [0.05, 0.1) is 18.3 Å². The first-order chi connectivity index (χ1) is 9.20. The molecule has 2 rings (SSSR count). The Morgan fingerprint density at radius 2 is 2.00 bits per heavy atom. The van der Waals surface area contributed by atoms with E-state index < -0.39 is 0 Å². The highest BCUT2D eigenvalue weighted by atomic mass is 16.2. The normalized spacial score (nSPS) is 16.4. The number of fused-ring (bicyclic) bond motifs is 1. The minimum absolute atomic E-state index is 0.0661. The molecule has 0 N–H and O–H groups in total. The number of hydrogen-bond donors (Lipinski definition) is 0. The third-order valence-corrected chi connectivity index (χ3v) is 3.77. The second-order valence-electron chi connectivity index (χ2n) is 6.75. The number of carbonyl (C=O) groups excluding carboxylic acids is 1. The van der Waals surface area contributed by atoms with Crippen LogP contribution in [0.4, 0.5) is 0 Å². The topological polar surface area (TPSA) is 49.3 Å². The quantitative estimate of drug-likeness (QED) is 0.822. The highest BCUT2D eigenvalue weighted by Crippen LogP contribution is 2.25. The first-order valence-electron chi connectivity index (χ1n) is 7.00. The molecule has 2 heterocycles. The fourth-order valence-electron chi connectivity index (χ4n) is 2.16. The van der Waals surface area contributed by atoms with E-state index in [2.05, 4.69) is 30.7 Å². The lowest BCUT2D eigenvalue weighted by Gasteiger charge is -2.24. The fourth-order valence-corrected chi connectivity index (χ4v) is 2.16. The summed E-state index contributed by atoms with van der Waals surface area (Å²) in [5.41, 5.74) is 1.99. The minimum Gasteiger partial charge on any atom is -0.331 e. The Hall–Kier alpha value is -1.49. The van der Waals surface area contributed by atoms with Gasteiger partial charge in [0.15, 0.2) is 0 Å². The molecule has 20 heavy (non-hydrogen) atoms. The van der Waals surface area contributed by atoms with Gasteiger partial charge in [0.2, 0.25) is 5.91 Å². The summed E-state index contributed by atoms with van der Waals surface area (Å²) in [6.45, 7) is 9.44. The van der Waals surface area contributed by atoms with Crippen molar-refractivity contribution >= 4 is 5.91 Å². The van der Waals surface area contributed by atoms with Crippen LogP contribution >= 0.6 is 0 Å². The van der Waals surface area contributed by atoms with Crippen molar-refractivity contribution in [2.75, 3.05) is 14.1 Å².